The third-order valence-corrected chi connectivity index (χ3v) is 4.51. The van der Waals surface area contributed by atoms with E-state index >= 15 is 0 Å². The molecule has 160 valence electrons. The van der Waals surface area contributed by atoms with Gasteiger partial charge in [-0.1, -0.05) is 32.9 Å². The van der Waals surface area contributed by atoms with Crippen LogP contribution < -0.4 is 10.6 Å². The van der Waals surface area contributed by atoms with E-state index in [1.165, 1.54) is 5.56 Å². The predicted molar refractivity (Wildman–Crippen MR) is 129 cm³/mol. The van der Waals surface area contributed by atoms with Crippen molar-refractivity contribution in [3.8, 4) is 0 Å². The quantitative estimate of drug-likeness (QED) is 0.560. The van der Waals surface area contributed by atoms with Gasteiger partial charge in [0, 0.05) is 50.5 Å². The highest BCUT2D eigenvalue weighted by molar-refractivity contribution is 6.49. The summed E-state index contributed by atoms with van der Waals surface area (Å²) in [6, 6.07) is 6.26. The predicted octanol–water partition coefficient (Wildman–Crippen LogP) is 4.64. The molecule has 2 rings (SSSR count). The largest absolute Gasteiger partial charge is 0.388 e. The van der Waals surface area contributed by atoms with E-state index < -0.39 is 0 Å². The Hall–Kier alpha value is -3.22. The van der Waals surface area contributed by atoms with Gasteiger partial charge in [-0.25, -0.2) is 4.99 Å². The normalized spacial score (nSPS) is 13.8. The second-order valence-corrected chi connectivity index (χ2v) is 7.99. The van der Waals surface area contributed by atoms with E-state index in [2.05, 4.69) is 63.6 Å². The first-order valence-electron chi connectivity index (χ1n) is 9.99. The van der Waals surface area contributed by atoms with Gasteiger partial charge >= 0.3 is 0 Å². The van der Waals surface area contributed by atoms with Crippen molar-refractivity contribution in [1.82, 2.24) is 9.78 Å². The summed E-state index contributed by atoms with van der Waals surface area (Å²) in [6.07, 6.45) is 7.33. The number of hydrogen-bond donors (Lipinski definition) is 2. The number of nitrogens with one attached hydrogen (secondary N) is 2. The molecule has 0 radical (unpaired) electrons. The number of aromatic nitrogens is 2. The van der Waals surface area contributed by atoms with Crippen molar-refractivity contribution < 1.29 is 0 Å². The van der Waals surface area contributed by atoms with E-state index in [0.29, 0.717) is 5.96 Å². The van der Waals surface area contributed by atoms with Crippen LogP contribution in [0.4, 0.5) is 11.4 Å². The maximum Gasteiger partial charge on any atom is 0.222 e. The van der Waals surface area contributed by atoms with Crippen LogP contribution in [-0.2, 0) is 12.5 Å². The van der Waals surface area contributed by atoms with Crippen molar-refractivity contribution in [2.24, 2.45) is 22.0 Å². The van der Waals surface area contributed by atoms with Gasteiger partial charge in [0.1, 0.15) is 0 Å². The number of aryl methyl sites for hydroxylation is 1. The molecule has 0 atom stereocenters. The molecular formula is C23H33N7. The smallest absolute Gasteiger partial charge is 0.222 e. The Balaban J connectivity index is 2.34. The van der Waals surface area contributed by atoms with Crippen molar-refractivity contribution in [1.29, 1.82) is 0 Å². The summed E-state index contributed by atoms with van der Waals surface area (Å²) in [5.74, 6) is 0.509. The molecule has 1 heterocycles. The number of benzene rings is 1. The summed E-state index contributed by atoms with van der Waals surface area (Å²) in [7, 11) is 5.53. The molecule has 0 amide bonds. The first-order valence-corrected chi connectivity index (χ1v) is 9.99. The van der Waals surface area contributed by atoms with Gasteiger partial charge in [0.15, 0.2) is 0 Å². The van der Waals surface area contributed by atoms with E-state index in [1.54, 1.807) is 24.1 Å². The summed E-state index contributed by atoms with van der Waals surface area (Å²) in [5, 5.41) is 10.8. The zero-order chi connectivity index (χ0) is 22.3. The van der Waals surface area contributed by atoms with Gasteiger partial charge < -0.3 is 10.6 Å². The summed E-state index contributed by atoms with van der Waals surface area (Å²) in [4.78, 5) is 13.5. The van der Waals surface area contributed by atoms with Crippen LogP contribution in [0.3, 0.4) is 0 Å². The van der Waals surface area contributed by atoms with Crippen LogP contribution in [0.5, 0.6) is 0 Å². The van der Waals surface area contributed by atoms with E-state index in [-0.39, 0.29) is 5.41 Å². The Kier molecular flexibility index (Phi) is 7.69. The first kappa shape index (κ1) is 23.1. The lowest BCUT2D eigenvalue weighted by atomic mass is 9.85. The molecule has 1 aromatic heterocycles. The molecule has 7 heteroatoms. The van der Waals surface area contributed by atoms with Crippen LogP contribution in [0.25, 0.3) is 0 Å². The summed E-state index contributed by atoms with van der Waals surface area (Å²) < 4.78 is 1.75. The maximum absolute atomic E-state index is 4.69. The molecule has 0 fully saturated rings. The zero-order valence-electron chi connectivity index (χ0n) is 19.3. The van der Waals surface area contributed by atoms with Crippen LogP contribution in [0.1, 0.15) is 45.7 Å². The minimum Gasteiger partial charge on any atom is -0.388 e. The number of allylic oxidation sites excluding steroid dienone is 1. The second kappa shape index (κ2) is 10.0. The lowest BCUT2D eigenvalue weighted by Gasteiger charge is -2.23. The molecule has 0 aliphatic heterocycles. The molecule has 0 saturated carbocycles. The van der Waals surface area contributed by atoms with Crippen LogP contribution >= 0.6 is 0 Å². The second-order valence-electron chi connectivity index (χ2n) is 7.99. The monoisotopic (exact) mass is 407 g/mol. The van der Waals surface area contributed by atoms with Gasteiger partial charge in [-0.3, -0.25) is 14.7 Å². The van der Waals surface area contributed by atoms with Crippen molar-refractivity contribution in [3.63, 3.8) is 0 Å². The van der Waals surface area contributed by atoms with Crippen LogP contribution in [0.15, 0.2) is 57.8 Å². The van der Waals surface area contributed by atoms with Crippen LogP contribution in [-0.4, -0.2) is 41.3 Å². The average molecular weight is 408 g/mol. The van der Waals surface area contributed by atoms with Crippen molar-refractivity contribution in [2.75, 3.05) is 24.7 Å². The third-order valence-electron chi connectivity index (χ3n) is 4.51. The van der Waals surface area contributed by atoms with Crippen LogP contribution in [0, 0.1) is 0 Å². The molecule has 2 aromatic rings. The van der Waals surface area contributed by atoms with E-state index in [9.17, 15) is 0 Å². The lowest BCUT2D eigenvalue weighted by molar-refractivity contribution is 0.592. The molecule has 30 heavy (non-hydrogen) atoms. The summed E-state index contributed by atoms with van der Waals surface area (Å²) >= 11 is 0. The van der Waals surface area contributed by atoms with E-state index in [4.69, 9.17) is 0 Å². The van der Waals surface area contributed by atoms with Gasteiger partial charge in [-0.05, 0) is 37.0 Å². The number of guanidine groups is 1. The number of rotatable bonds is 5. The molecule has 2 N–H and O–H groups in total. The Morgan fingerprint density at radius 1 is 1.23 bits per heavy atom. The van der Waals surface area contributed by atoms with Gasteiger partial charge in [0.05, 0.1) is 17.6 Å². The molecule has 1 aromatic carbocycles. The van der Waals surface area contributed by atoms with Crippen LogP contribution in [0.2, 0.25) is 0 Å². The van der Waals surface area contributed by atoms with Gasteiger partial charge in [-0.15, -0.1) is 0 Å². The summed E-state index contributed by atoms with van der Waals surface area (Å²) in [6.45, 7) is 10.5. The number of nitrogens with zero attached hydrogens (tertiary/aromatic N) is 5. The standard InChI is InChI=1S/C23H33N7/c1-9-12-26-21(17-14-27-30(8)15-17)16(2)28-22(25-7)29-18-10-11-19(23(3,4)5)20(13-18)24-6/h9-15,24H,1-8H3,(H,25,29)/b12-9-,26-21+,28-16+. The Morgan fingerprint density at radius 2 is 1.97 bits per heavy atom. The molecule has 0 aliphatic carbocycles. The lowest BCUT2D eigenvalue weighted by Crippen LogP contribution is -2.18. The fraction of sp³-hybridized carbons (Fsp3) is 0.391. The third kappa shape index (κ3) is 5.89. The number of aliphatic imine (C=N–C) groups is 3. The minimum atomic E-state index is 0.0508. The molecule has 0 saturated heterocycles. The maximum atomic E-state index is 4.69. The van der Waals surface area contributed by atoms with Crippen molar-refractivity contribution >= 4 is 28.8 Å². The Morgan fingerprint density at radius 3 is 2.50 bits per heavy atom. The fourth-order valence-corrected chi connectivity index (χ4v) is 3.03. The molecule has 0 bridgehead atoms. The van der Waals surface area contributed by atoms with Crippen molar-refractivity contribution in [3.05, 3.63) is 54.0 Å². The SMILES string of the molecule is C\C=C/N=C(\C(C)=N\C(=N/C)Nc1ccc(C(C)(C)C)c(NC)c1)c1cnn(C)c1. The highest BCUT2D eigenvalue weighted by atomic mass is 15.2. The van der Waals surface area contributed by atoms with E-state index in [1.807, 2.05) is 46.3 Å². The molecular weight excluding hydrogens is 374 g/mol. The highest BCUT2D eigenvalue weighted by Crippen LogP contribution is 2.31. The highest BCUT2D eigenvalue weighted by Gasteiger charge is 2.18. The summed E-state index contributed by atoms with van der Waals surface area (Å²) in [5.41, 5.74) is 5.70. The van der Waals surface area contributed by atoms with Gasteiger partial charge in [-0.2, -0.15) is 5.10 Å². The minimum absolute atomic E-state index is 0.0508. The molecule has 7 nitrogen and oxygen atoms in total. The molecule has 0 spiro atoms. The number of anilines is 2. The zero-order valence-corrected chi connectivity index (χ0v) is 19.3. The van der Waals surface area contributed by atoms with Gasteiger partial charge in [0.2, 0.25) is 5.96 Å². The average Bonchev–Trinajstić information content (AvgIpc) is 3.12. The molecule has 0 unspecified atom stereocenters. The van der Waals surface area contributed by atoms with E-state index in [0.717, 1.165) is 28.4 Å². The first-order chi connectivity index (χ1) is 14.2. The topological polar surface area (TPSA) is 79.0 Å². The number of hydrogen-bond acceptors (Lipinski definition) is 4. The Labute approximate surface area is 179 Å². The molecule has 0 aliphatic rings. The Bertz CT molecular complexity index is 985. The van der Waals surface area contributed by atoms with Gasteiger partial charge in [0.25, 0.3) is 0 Å². The van der Waals surface area contributed by atoms with Crippen molar-refractivity contribution in [2.45, 2.75) is 40.0 Å². The fourth-order valence-electron chi connectivity index (χ4n) is 3.03.